The molecule has 0 unspecified atom stereocenters. The van der Waals surface area contributed by atoms with Crippen molar-refractivity contribution >= 4 is 11.9 Å². The van der Waals surface area contributed by atoms with E-state index in [0.717, 1.165) is 12.8 Å². The molecule has 0 fully saturated rings. The van der Waals surface area contributed by atoms with E-state index in [1.165, 1.54) is 76.7 Å². The van der Waals surface area contributed by atoms with Crippen molar-refractivity contribution in [1.82, 2.24) is 4.90 Å². The van der Waals surface area contributed by atoms with Crippen molar-refractivity contribution in [2.24, 2.45) is 0 Å². The van der Waals surface area contributed by atoms with Crippen molar-refractivity contribution in [2.75, 3.05) is 7.05 Å². The largest absolute Gasteiger partial charge is 1.00 e. The number of hydrogen-bond donors (Lipinski definition) is 0. The van der Waals surface area contributed by atoms with Gasteiger partial charge in [0.2, 0.25) is 5.91 Å². The minimum Gasteiger partial charge on any atom is -0.548 e. The molecule has 0 radical (unpaired) electrons. The summed E-state index contributed by atoms with van der Waals surface area (Å²) in [7, 11) is 1.53. The number of likely N-dealkylation sites (N-methyl/N-ethyl adjacent to an activating group) is 1. The van der Waals surface area contributed by atoms with Crippen LogP contribution in [0.25, 0.3) is 0 Å². The van der Waals surface area contributed by atoms with E-state index >= 15 is 0 Å². The van der Waals surface area contributed by atoms with Gasteiger partial charge >= 0.3 is 29.6 Å². The first-order chi connectivity index (χ1) is 10.5. The van der Waals surface area contributed by atoms with Gasteiger partial charge in [-0.2, -0.15) is 0 Å². The van der Waals surface area contributed by atoms with Crippen LogP contribution in [0.4, 0.5) is 0 Å². The molecule has 0 aromatic rings. The number of hydrogen-bond acceptors (Lipinski definition) is 3. The molecule has 0 saturated heterocycles. The average Bonchev–Trinajstić information content (AvgIpc) is 2.50. The summed E-state index contributed by atoms with van der Waals surface area (Å²) in [5.41, 5.74) is 0. The first-order valence-corrected chi connectivity index (χ1v) is 8.97. The molecule has 0 spiro atoms. The van der Waals surface area contributed by atoms with E-state index in [1.54, 1.807) is 0 Å². The van der Waals surface area contributed by atoms with Crippen LogP contribution in [-0.4, -0.2) is 29.9 Å². The quantitative estimate of drug-likeness (QED) is 0.339. The Bertz CT molecular complexity index is 311. The number of nitrogens with zero attached hydrogens (tertiary/aromatic N) is 1. The monoisotopic (exact) mass is 335 g/mol. The summed E-state index contributed by atoms with van der Waals surface area (Å²) >= 11 is 0. The third-order valence-corrected chi connectivity index (χ3v) is 4.31. The number of carboxylic acid groups (broad SMARTS) is 1. The second-order valence-corrected chi connectivity index (χ2v) is 6.29. The van der Waals surface area contributed by atoms with Crippen LogP contribution in [0.15, 0.2) is 0 Å². The fourth-order valence-corrected chi connectivity index (χ4v) is 2.49. The minimum absolute atomic E-state index is 0. The maximum Gasteiger partial charge on any atom is 1.00 e. The van der Waals surface area contributed by atoms with Crippen LogP contribution in [0.5, 0.6) is 0 Å². The number of carbonyl (C=O) groups is 2. The molecule has 0 N–H and O–H groups in total. The van der Waals surface area contributed by atoms with E-state index in [9.17, 15) is 14.7 Å². The van der Waals surface area contributed by atoms with Crippen molar-refractivity contribution in [3.05, 3.63) is 0 Å². The molecule has 0 bridgehead atoms. The zero-order valence-corrected chi connectivity index (χ0v) is 17.7. The normalized spacial score (nSPS) is 11.6. The van der Waals surface area contributed by atoms with Gasteiger partial charge in [0.1, 0.15) is 0 Å². The fourth-order valence-electron chi connectivity index (χ4n) is 2.49. The molecular formula is C18H34NNaO3. The van der Waals surface area contributed by atoms with Crippen LogP contribution in [0.1, 0.15) is 90.9 Å². The molecule has 1 amide bonds. The first-order valence-electron chi connectivity index (χ1n) is 8.97. The van der Waals surface area contributed by atoms with Crippen LogP contribution >= 0.6 is 0 Å². The van der Waals surface area contributed by atoms with Gasteiger partial charge in [-0.1, -0.05) is 71.1 Å². The van der Waals surface area contributed by atoms with E-state index < -0.39 is 12.0 Å². The van der Waals surface area contributed by atoms with Gasteiger partial charge < -0.3 is 14.8 Å². The summed E-state index contributed by atoms with van der Waals surface area (Å²) in [5, 5.41) is 10.7. The Morgan fingerprint density at radius 1 is 0.870 bits per heavy atom. The van der Waals surface area contributed by atoms with Crippen molar-refractivity contribution in [2.45, 2.75) is 96.9 Å². The van der Waals surface area contributed by atoms with E-state index in [4.69, 9.17) is 0 Å². The third-order valence-electron chi connectivity index (χ3n) is 4.31. The maximum absolute atomic E-state index is 11.8. The Morgan fingerprint density at radius 3 is 1.65 bits per heavy atom. The number of carboxylic acids is 1. The van der Waals surface area contributed by atoms with Gasteiger partial charge in [0.25, 0.3) is 0 Å². The second kappa shape index (κ2) is 16.8. The predicted octanol–water partition coefficient (Wildman–Crippen LogP) is 0.288. The molecule has 0 aliphatic heterocycles. The minimum atomic E-state index is -1.20. The number of rotatable bonds is 14. The van der Waals surface area contributed by atoms with E-state index in [-0.39, 0.29) is 35.5 Å². The van der Waals surface area contributed by atoms with Gasteiger partial charge in [-0.15, -0.1) is 0 Å². The zero-order valence-electron chi connectivity index (χ0n) is 15.7. The first kappa shape index (κ1) is 25.2. The van der Waals surface area contributed by atoms with Gasteiger partial charge in [0.15, 0.2) is 0 Å². The summed E-state index contributed by atoms with van der Waals surface area (Å²) in [5.74, 6) is -1.30. The standard InChI is InChI=1S/C18H35NO3.Na/c1-4-5-6-7-8-9-10-11-12-13-14-15-17(20)19(3)16(2)18(21)22;/h16H,4-15H2,1-3H3,(H,21,22);/q;+1/p-1/t16-;/m0./s1. The van der Waals surface area contributed by atoms with Gasteiger partial charge in [-0.25, -0.2) is 0 Å². The summed E-state index contributed by atoms with van der Waals surface area (Å²) in [6.45, 7) is 3.72. The molecule has 5 heteroatoms. The van der Waals surface area contributed by atoms with E-state index in [1.807, 2.05) is 0 Å². The Labute approximate surface area is 164 Å². The van der Waals surface area contributed by atoms with E-state index in [2.05, 4.69) is 6.92 Å². The zero-order chi connectivity index (χ0) is 16.8. The molecule has 23 heavy (non-hydrogen) atoms. The third kappa shape index (κ3) is 14.0. The SMILES string of the molecule is CCCCCCCCCCCCCC(=O)N(C)[C@@H](C)C(=O)[O-].[Na+]. The van der Waals surface area contributed by atoms with Gasteiger partial charge in [-0.05, 0) is 13.3 Å². The predicted molar refractivity (Wildman–Crippen MR) is 88.3 cm³/mol. The van der Waals surface area contributed by atoms with Crippen molar-refractivity contribution in [1.29, 1.82) is 0 Å². The van der Waals surface area contributed by atoms with Crippen LogP contribution in [0, 0.1) is 0 Å². The summed E-state index contributed by atoms with van der Waals surface area (Å²) in [4.78, 5) is 23.8. The van der Waals surface area contributed by atoms with E-state index in [0.29, 0.717) is 6.42 Å². The Kier molecular flexibility index (Phi) is 18.4. The summed E-state index contributed by atoms with van der Waals surface area (Å²) < 4.78 is 0. The van der Waals surface area contributed by atoms with Crippen LogP contribution in [0.2, 0.25) is 0 Å². The van der Waals surface area contributed by atoms with Crippen LogP contribution < -0.4 is 34.7 Å². The van der Waals surface area contributed by atoms with Crippen LogP contribution in [0.3, 0.4) is 0 Å². The topological polar surface area (TPSA) is 60.4 Å². The van der Waals surface area contributed by atoms with Crippen molar-refractivity contribution < 1.29 is 44.3 Å². The maximum atomic E-state index is 11.8. The Hall–Kier alpha value is -0.0600. The van der Waals surface area contributed by atoms with Gasteiger partial charge in [0, 0.05) is 13.5 Å². The molecule has 0 aliphatic carbocycles. The summed E-state index contributed by atoms with van der Waals surface area (Å²) in [6.07, 6.45) is 14.1. The van der Waals surface area contributed by atoms with Gasteiger partial charge in [0.05, 0.1) is 12.0 Å². The number of unbranched alkanes of at least 4 members (excludes halogenated alkanes) is 10. The van der Waals surface area contributed by atoms with Crippen molar-refractivity contribution in [3.8, 4) is 0 Å². The molecule has 0 aromatic carbocycles. The molecular weight excluding hydrogens is 301 g/mol. The number of amides is 1. The summed E-state index contributed by atoms with van der Waals surface area (Å²) in [6, 6.07) is -0.847. The molecule has 0 heterocycles. The molecule has 0 rings (SSSR count). The van der Waals surface area contributed by atoms with Gasteiger partial charge in [-0.3, -0.25) is 4.79 Å². The molecule has 4 nitrogen and oxygen atoms in total. The van der Waals surface area contributed by atoms with Crippen LogP contribution in [-0.2, 0) is 9.59 Å². The second-order valence-electron chi connectivity index (χ2n) is 6.29. The molecule has 130 valence electrons. The number of carbonyl (C=O) groups excluding carboxylic acids is 2. The average molecular weight is 335 g/mol. The Balaban J connectivity index is 0. The smallest absolute Gasteiger partial charge is 0.548 e. The molecule has 0 saturated carbocycles. The number of aliphatic carboxylic acids is 1. The fraction of sp³-hybridized carbons (Fsp3) is 0.889. The Morgan fingerprint density at radius 2 is 1.26 bits per heavy atom. The molecule has 1 atom stereocenters. The molecule has 0 aliphatic rings. The van der Waals surface area contributed by atoms with Crippen molar-refractivity contribution in [3.63, 3.8) is 0 Å². The molecule has 0 aromatic heterocycles.